The summed E-state index contributed by atoms with van der Waals surface area (Å²) in [4.78, 5) is 16.9. The van der Waals surface area contributed by atoms with Crippen LogP contribution in [0.15, 0.2) is 29.3 Å². The van der Waals surface area contributed by atoms with Gasteiger partial charge in [-0.3, -0.25) is 4.79 Å². The molecule has 0 bridgehead atoms. The molecule has 0 saturated carbocycles. The van der Waals surface area contributed by atoms with Gasteiger partial charge in [0, 0.05) is 11.6 Å². The van der Waals surface area contributed by atoms with Gasteiger partial charge in [-0.25, -0.2) is 9.89 Å². The average molecular weight is 286 g/mol. The zero-order valence-corrected chi connectivity index (χ0v) is 13.2. The fraction of sp³-hybridized carbons (Fsp3) is 0.438. The van der Waals surface area contributed by atoms with Crippen molar-refractivity contribution in [2.24, 2.45) is 16.1 Å². The van der Waals surface area contributed by atoms with Crippen LogP contribution in [0, 0.1) is 16.9 Å². The van der Waals surface area contributed by atoms with Crippen LogP contribution in [0.4, 0.5) is 5.69 Å². The number of ketones is 1. The van der Waals surface area contributed by atoms with E-state index in [9.17, 15) is 10.1 Å². The van der Waals surface area contributed by atoms with E-state index < -0.39 is 0 Å². The number of hydrogen-bond donors (Lipinski definition) is 1. The summed E-state index contributed by atoms with van der Waals surface area (Å²) in [6, 6.07) is 6.72. The lowest BCUT2D eigenvalue weighted by atomic mass is 9.87. The highest BCUT2D eigenvalue weighted by Gasteiger charge is 2.27. The quantitative estimate of drug-likeness (QED) is 0.304. The van der Waals surface area contributed by atoms with Crippen molar-refractivity contribution >= 4 is 17.4 Å². The van der Waals surface area contributed by atoms with Gasteiger partial charge < -0.3 is 5.73 Å². The molecule has 0 aliphatic rings. The Morgan fingerprint density at radius 2 is 1.86 bits per heavy atom. The molecular formula is C16H22N4O. The fourth-order valence-electron chi connectivity index (χ4n) is 1.68. The van der Waals surface area contributed by atoms with Crippen molar-refractivity contribution in [3.05, 3.63) is 29.8 Å². The largest absolute Gasteiger partial charge is 0.369 e. The summed E-state index contributed by atoms with van der Waals surface area (Å²) >= 11 is 0. The van der Waals surface area contributed by atoms with E-state index in [0.29, 0.717) is 11.3 Å². The summed E-state index contributed by atoms with van der Waals surface area (Å²) in [7, 11) is 0. The molecule has 112 valence electrons. The van der Waals surface area contributed by atoms with Crippen LogP contribution in [0.25, 0.3) is 0 Å². The molecule has 21 heavy (non-hydrogen) atoms. The van der Waals surface area contributed by atoms with Gasteiger partial charge >= 0.3 is 0 Å². The summed E-state index contributed by atoms with van der Waals surface area (Å²) in [5.74, 6) is 0.147. The third-order valence-corrected chi connectivity index (χ3v) is 3.51. The topological polar surface area (TPSA) is 82.5 Å². The van der Waals surface area contributed by atoms with Crippen molar-refractivity contribution in [3.63, 3.8) is 0 Å². The standard InChI is InChI=1S/C16H22N4O/c1-11(21)13-6-8-14(9-7-13)19-15(18)20(10-17)12(2)16(3,4)5/h6-9,12H,1-5H3,(H2,18,19). The van der Waals surface area contributed by atoms with Gasteiger partial charge in [-0.05, 0) is 43.5 Å². The zero-order valence-electron chi connectivity index (χ0n) is 13.2. The van der Waals surface area contributed by atoms with Crippen molar-refractivity contribution in [2.75, 3.05) is 0 Å². The van der Waals surface area contributed by atoms with Gasteiger partial charge in [0.1, 0.15) is 0 Å². The summed E-state index contributed by atoms with van der Waals surface area (Å²) in [6.45, 7) is 9.56. The highest BCUT2D eigenvalue weighted by atomic mass is 16.1. The molecule has 0 fully saturated rings. The third kappa shape index (κ3) is 4.32. The Morgan fingerprint density at radius 1 is 1.33 bits per heavy atom. The second-order valence-electron chi connectivity index (χ2n) is 6.09. The number of aliphatic imine (C=N–C) groups is 1. The highest BCUT2D eigenvalue weighted by molar-refractivity contribution is 5.94. The Labute approximate surface area is 126 Å². The number of carbonyl (C=O) groups excluding carboxylic acids is 1. The molecule has 5 nitrogen and oxygen atoms in total. The molecule has 0 amide bonds. The molecule has 1 unspecified atom stereocenters. The molecule has 0 spiro atoms. The molecule has 1 rings (SSSR count). The smallest absolute Gasteiger partial charge is 0.210 e. The predicted octanol–water partition coefficient (Wildman–Crippen LogP) is 3.05. The molecule has 0 saturated heterocycles. The van der Waals surface area contributed by atoms with Crippen LogP contribution in [0.2, 0.25) is 0 Å². The number of rotatable bonds is 3. The first-order valence-corrected chi connectivity index (χ1v) is 6.81. The minimum Gasteiger partial charge on any atom is -0.369 e. The first-order valence-electron chi connectivity index (χ1n) is 6.81. The lowest BCUT2D eigenvalue weighted by Gasteiger charge is -2.33. The molecular weight excluding hydrogens is 264 g/mol. The summed E-state index contributed by atoms with van der Waals surface area (Å²) < 4.78 is 0. The molecule has 0 heterocycles. The third-order valence-electron chi connectivity index (χ3n) is 3.51. The van der Waals surface area contributed by atoms with E-state index in [1.807, 2.05) is 27.7 Å². The first kappa shape index (κ1) is 16.7. The van der Waals surface area contributed by atoms with Crippen molar-refractivity contribution in [1.29, 1.82) is 5.26 Å². The van der Waals surface area contributed by atoms with E-state index in [2.05, 4.69) is 11.2 Å². The number of Topliss-reactive ketones (excluding diaryl/α,β-unsaturated/α-hetero) is 1. The predicted molar refractivity (Wildman–Crippen MR) is 84.1 cm³/mol. The molecule has 1 atom stereocenters. The number of guanidine groups is 1. The number of hydrogen-bond acceptors (Lipinski definition) is 3. The van der Waals surface area contributed by atoms with Crippen LogP contribution in [-0.2, 0) is 0 Å². The van der Waals surface area contributed by atoms with Gasteiger partial charge in [0.15, 0.2) is 12.0 Å². The maximum atomic E-state index is 11.2. The Morgan fingerprint density at radius 3 is 2.24 bits per heavy atom. The van der Waals surface area contributed by atoms with E-state index in [-0.39, 0.29) is 23.2 Å². The van der Waals surface area contributed by atoms with Crippen LogP contribution < -0.4 is 5.73 Å². The SMILES string of the molecule is CC(=O)c1ccc(N=C(N)N(C#N)C(C)C(C)(C)C)cc1. The van der Waals surface area contributed by atoms with Gasteiger partial charge in [-0.15, -0.1) is 0 Å². The van der Waals surface area contributed by atoms with Gasteiger partial charge in [-0.1, -0.05) is 20.8 Å². The number of nitrogens with zero attached hydrogens (tertiary/aromatic N) is 3. The molecule has 0 aliphatic heterocycles. The maximum absolute atomic E-state index is 11.2. The summed E-state index contributed by atoms with van der Waals surface area (Å²) in [5.41, 5.74) is 7.07. The average Bonchev–Trinajstić information content (AvgIpc) is 2.38. The highest BCUT2D eigenvalue weighted by Crippen LogP contribution is 2.24. The van der Waals surface area contributed by atoms with E-state index in [1.54, 1.807) is 24.3 Å². The van der Waals surface area contributed by atoms with E-state index in [1.165, 1.54) is 11.8 Å². The van der Waals surface area contributed by atoms with Crippen molar-refractivity contribution in [2.45, 2.75) is 40.7 Å². The van der Waals surface area contributed by atoms with Crippen LogP contribution in [0.3, 0.4) is 0 Å². The van der Waals surface area contributed by atoms with Crippen LogP contribution in [0.1, 0.15) is 45.0 Å². The van der Waals surface area contributed by atoms with Crippen molar-refractivity contribution in [1.82, 2.24) is 4.90 Å². The molecule has 1 aromatic carbocycles. The second kappa shape index (κ2) is 6.40. The molecule has 2 N–H and O–H groups in total. The van der Waals surface area contributed by atoms with Crippen LogP contribution in [-0.4, -0.2) is 22.7 Å². The number of carbonyl (C=O) groups is 1. The van der Waals surface area contributed by atoms with E-state index in [4.69, 9.17) is 5.73 Å². The minimum absolute atomic E-state index is 0.00138. The molecule has 1 aromatic rings. The lowest BCUT2D eigenvalue weighted by molar-refractivity contribution is 0.101. The molecule has 5 heteroatoms. The van der Waals surface area contributed by atoms with Crippen LogP contribution >= 0.6 is 0 Å². The Hall–Kier alpha value is -2.35. The molecule has 0 aliphatic carbocycles. The van der Waals surface area contributed by atoms with Gasteiger partial charge in [0.2, 0.25) is 5.96 Å². The monoisotopic (exact) mass is 286 g/mol. The summed E-state index contributed by atoms with van der Waals surface area (Å²) in [6.07, 6.45) is 2.08. The number of benzene rings is 1. The van der Waals surface area contributed by atoms with E-state index >= 15 is 0 Å². The van der Waals surface area contributed by atoms with Gasteiger partial charge in [0.05, 0.1) is 5.69 Å². The fourth-order valence-corrected chi connectivity index (χ4v) is 1.68. The van der Waals surface area contributed by atoms with Gasteiger partial charge in [-0.2, -0.15) is 5.26 Å². The Kier molecular flexibility index (Phi) is 5.09. The number of nitriles is 1. The maximum Gasteiger partial charge on any atom is 0.210 e. The number of nitrogens with two attached hydrogens (primary N) is 1. The Bertz CT molecular complexity index is 576. The van der Waals surface area contributed by atoms with E-state index in [0.717, 1.165) is 0 Å². The zero-order chi connectivity index (χ0) is 16.2. The lowest BCUT2D eigenvalue weighted by Crippen LogP contribution is -2.45. The van der Waals surface area contributed by atoms with Crippen molar-refractivity contribution < 1.29 is 4.79 Å². The second-order valence-corrected chi connectivity index (χ2v) is 6.09. The normalized spacial score (nSPS) is 13.4. The van der Waals surface area contributed by atoms with Gasteiger partial charge in [0.25, 0.3) is 0 Å². The Balaban J connectivity index is 3.02. The first-order chi connectivity index (χ1) is 9.66. The molecule has 0 radical (unpaired) electrons. The van der Waals surface area contributed by atoms with Crippen molar-refractivity contribution in [3.8, 4) is 6.19 Å². The summed E-state index contributed by atoms with van der Waals surface area (Å²) in [5, 5.41) is 9.30. The molecule has 0 aromatic heterocycles. The van der Waals surface area contributed by atoms with Crippen LogP contribution in [0.5, 0.6) is 0 Å². The minimum atomic E-state index is -0.103.